The van der Waals surface area contributed by atoms with Crippen molar-refractivity contribution < 1.29 is 33.4 Å². The van der Waals surface area contributed by atoms with Crippen LogP contribution in [-0.2, 0) is 28.7 Å². The van der Waals surface area contributed by atoms with Gasteiger partial charge in [-0.2, -0.15) is 0 Å². The lowest BCUT2D eigenvalue weighted by Crippen LogP contribution is -2.37. The molecule has 1 aliphatic carbocycles. The molecule has 1 aliphatic heterocycles. The number of nitrogens with zero attached hydrogens (tertiary/aromatic N) is 1. The van der Waals surface area contributed by atoms with Gasteiger partial charge in [0.05, 0.1) is 24.0 Å². The summed E-state index contributed by atoms with van der Waals surface area (Å²) in [5.74, 6) is -3.57. The minimum Gasteiger partial charge on any atom is -0.462 e. The number of amides is 3. The second-order valence-corrected chi connectivity index (χ2v) is 9.84. The molecule has 3 rings (SSSR count). The first-order valence-electron chi connectivity index (χ1n) is 10.1. The molecule has 0 radical (unpaired) electrons. The summed E-state index contributed by atoms with van der Waals surface area (Å²) >= 11 is 7.01. The van der Waals surface area contributed by atoms with Crippen LogP contribution in [0, 0.1) is 11.8 Å². The number of carbonyl (C=O) groups is 5. The number of likely N-dealkylation sites (tertiary alicyclic amines) is 1. The Kier molecular flexibility index (Phi) is 8.05. The van der Waals surface area contributed by atoms with Crippen LogP contribution in [0.3, 0.4) is 0 Å². The van der Waals surface area contributed by atoms with Crippen LogP contribution >= 0.6 is 31.9 Å². The molecular formula is C21H22Br2N2O7. The topological polar surface area (TPSA) is 119 Å². The zero-order valence-electron chi connectivity index (χ0n) is 17.2. The Hall–Kier alpha value is -2.27. The quantitative estimate of drug-likeness (QED) is 0.302. The number of benzene rings is 1. The molecule has 172 valence electrons. The predicted molar refractivity (Wildman–Crippen MR) is 120 cm³/mol. The zero-order valence-corrected chi connectivity index (χ0v) is 20.4. The monoisotopic (exact) mass is 572 g/mol. The molecule has 1 saturated heterocycles. The predicted octanol–water partition coefficient (Wildman–Crippen LogP) is 2.27. The number of ether oxygens (including phenoxy) is 2. The number of carbonyl (C=O) groups excluding carboxylic acids is 5. The van der Waals surface area contributed by atoms with Crippen LogP contribution < -0.4 is 5.32 Å². The van der Waals surface area contributed by atoms with E-state index in [2.05, 4.69) is 37.2 Å². The smallest absolute Gasteiger partial charge is 0.338 e. The van der Waals surface area contributed by atoms with Gasteiger partial charge in [0.2, 0.25) is 11.8 Å². The van der Waals surface area contributed by atoms with Crippen molar-refractivity contribution >= 4 is 67.2 Å². The van der Waals surface area contributed by atoms with Gasteiger partial charge in [0.1, 0.15) is 6.54 Å². The van der Waals surface area contributed by atoms with Crippen molar-refractivity contribution in [3.63, 3.8) is 0 Å². The third kappa shape index (κ3) is 5.55. The molecule has 0 spiro atoms. The van der Waals surface area contributed by atoms with Gasteiger partial charge in [0, 0.05) is 15.3 Å². The van der Waals surface area contributed by atoms with E-state index in [0.717, 1.165) is 4.90 Å². The lowest BCUT2D eigenvalue weighted by Gasteiger charge is -2.29. The fourth-order valence-corrected chi connectivity index (χ4v) is 4.98. The molecule has 1 saturated carbocycles. The van der Waals surface area contributed by atoms with Crippen molar-refractivity contribution in [1.29, 1.82) is 0 Å². The van der Waals surface area contributed by atoms with E-state index in [4.69, 9.17) is 9.47 Å². The maximum Gasteiger partial charge on any atom is 0.338 e. The van der Waals surface area contributed by atoms with E-state index < -0.39 is 42.8 Å². The number of rotatable bonds is 7. The van der Waals surface area contributed by atoms with Crippen LogP contribution in [0.25, 0.3) is 0 Å². The van der Waals surface area contributed by atoms with Crippen LogP contribution in [0.4, 0.5) is 5.69 Å². The fourth-order valence-electron chi connectivity index (χ4n) is 3.74. The molecule has 9 nitrogen and oxygen atoms in total. The highest BCUT2D eigenvalue weighted by Crippen LogP contribution is 2.43. The Balaban J connectivity index is 1.47. The minimum atomic E-state index is -0.844. The van der Waals surface area contributed by atoms with Gasteiger partial charge in [-0.3, -0.25) is 24.1 Å². The number of nitrogens with one attached hydrogen (secondary N) is 1. The fraction of sp³-hybridized carbons (Fsp3) is 0.476. The molecule has 2 aliphatic rings. The summed E-state index contributed by atoms with van der Waals surface area (Å²) < 4.78 is 9.82. The number of fused-ring (bicyclic) bond motifs is 1. The molecule has 1 aromatic rings. The minimum absolute atomic E-state index is 0.0717. The molecule has 2 fully saturated rings. The van der Waals surface area contributed by atoms with Crippen LogP contribution in [-0.4, -0.2) is 64.0 Å². The molecule has 0 aromatic heterocycles. The van der Waals surface area contributed by atoms with Crippen LogP contribution in [0.1, 0.15) is 30.1 Å². The highest BCUT2D eigenvalue weighted by Gasteiger charge is 2.52. The number of esters is 2. The summed E-state index contributed by atoms with van der Waals surface area (Å²) in [4.78, 5) is 62.1. The van der Waals surface area contributed by atoms with Gasteiger partial charge in [0.15, 0.2) is 6.61 Å². The van der Waals surface area contributed by atoms with Crippen molar-refractivity contribution in [1.82, 2.24) is 4.90 Å². The first-order valence-corrected chi connectivity index (χ1v) is 11.9. The molecule has 11 heteroatoms. The van der Waals surface area contributed by atoms with Crippen LogP contribution in [0.15, 0.2) is 24.3 Å². The maximum absolute atomic E-state index is 12.6. The molecule has 32 heavy (non-hydrogen) atoms. The van der Waals surface area contributed by atoms with E-state index in [-0.39, 0.29) is 28.1 Å². The average molecular weight is 574 g/mol. The van der Waals surface area contributed by atoms with Gasteiger partial charge in [-0.05, 0) is 44.0 Å². The lowest BCUT2D eigenvalue weighted by molar-refractivity contribution is -0.154. The zero-order chi connectivity index (χ0) is 23.4. The third-order valence-corrected chi connectivity index (χ3v) is 8.07. The second kappa shape index (κ2) is 10.6. The van der Waals surface area contributed by atoms with Crippen LogP contribution in [0.5, 0.6) is 0 Å². The second-order valence-electron chi connectivity index (χ2n) is 7.49. The number of hydrogen-bond donors (Lipinski definition) is 1. The Bertz CT molecular complexity index is 893. The van der Waals surface area contributed by atoms with E-state index in [1.807, 2.05) is 0 Å². The van der Waals surface area contributed by atoms with Crippen molar-refractivity contribution in [2.75, 3.05) is 25.1 Å². The summed E-state index contributed by atoms with van der Waals surface area (Å²) in [6.45, 7) is 0.862. The summed E-state index contributed by atoms with van der Waals surface area (Å²) in [6.07, 6.45) is 1.02. The molecule has 4 atom stereocenters. The Morgan fingerprint density at radius 1 is 1.00 bits per heavy atom. The Morgan fingerprint density at radius 3 is 2.09 bits per heavy atom. The normalized spacial score (nSPS) is 24.7. The summed E-state index contributed by atoms with van der Waals surface area (Å²) in [6, 6.07) is 6.03. The van der Waals surface area contributed by atoms with Gasteiger partial charge in [-0.1, -0.05) is 31.9 Å². The van der Waals surface area contributed by atoms with E-state index in [0.29, 0.717) is 24.1 Å². The van der Waals surface area contributed by atoms with Gasteiger partial charge in [0.25, 0.3) is 5.91 Å². The summed E-state index contributed by atoms with van der Waals surface area (Å²) in [7, 11) is 0. The largest absolute Gasteiger partial charge is 0.462 e. The van der Waals surface area contributed by atoms with Gasteiger partial charge in [-0.15, -0.1) is 0 Å². The summed E-state index contributed by atoms with van der Waals surface area (Å²) in [5, 5.41) is 2.53. The number of halogens is 2. The highest BCUT2D eigenvalue weighted by molar-refractivity contribution is 9.12. The van der Waals surface area contributed by atoms with Crippen molar-refractivity contribution in [3.05, 3.63) is 29.8 Å². The number of anilines is 1. The van der Waals surface area contributed by atoms with E-state index in [1.165, 1.54) is 24.3 Å². The average Bonchev–Trinajstić information content (AvgIpc) is 2.97. The standard InChI is InChI=1S/C21H22Br2N2O7/c1-2-31-21(30)11-3-5-12(6-4-11)24-17(26)10-32-18(27)9-25-19(28)13-7-15(22)16(23)8-14(13)20(25)29/h3-6,13-16H,2,7-10H2,1H3,(H,24,26)/t13-,14-,15+,16+/m1/s1. The SMILES string of the molecule is CCOC(=O)c1ccc(NC(=O)COC(=O)CN2C(=O)[C@@H]3C[C@H](Br)[C@@H](Br)C[C@H]3C2=O)cc1. The van der Waals surface area contributed by atoms with E-state index in [1.54, 1.807) is 6.92 Å². The first kappa shape index (κ1) is 24.4. The first-order chi connectivity index (χ1) is 15.2. The van der Waals surface area contributed by atoms with E-state index >= 15 is 0 Å². The van der Waals surface area contributed by atoms with Crippen LogP contribution in [0.2, 0.25) is 0 Å². The van der Waals surface area contributed by atoms with Gasteiger partial charge < -0.3 is 14.8 Å². The highest BCUT2D eigenvalue weighted by atomic mass is 79.9. The van der Waals surface area contributed by atoms with Crippen molar-refractivity contribution in [2.24, 2.45) is 11.8 Å². The van der Waals surface area contributed by atoms with E-state index in [9.17, 15) is 24.0 Å². The molecule has 0 bridgehead atoms. The van der Waals surface area contributed by atoms with Gasteiger partial charge >= 0.3 is 11.9 Å². The van der Waals surface area contributed by atoms with Crippen molar-refractivity contribution in [3.8, 4) is 0 Å². The Morgan fingerprint density at radius 2 is 1.56 bits per heavy atom. The molecule has 1 heterocycles. The Labute approximate surface area is 201 Å². The molecule has 3 amide bonds. The number of hydrogen-bond acceptors (Lipinski definition) is 7. The molecular weight excluding hydrogens is 552 g/mol. The summed E-state index contributed by atoms with van der Waals surface area (Å²) in [5.41, 5.74) is 0.746. The third-order valence-electron chi connectivity index (χ3n) is 5.33. The molecule has 1 aromatic carbocycles. The lowest BCUT2D eigenvalue weighted by atomic mass is 9.81. The number of alkyl halides is 2. The molecule has 0 unspecified atom stereocenters. The maximum atomic E-state index is 12.6. The van der Waals surface area contributed by atoms with Crippen molar-refractivity contribution in [2.45, 2.75) is 29.4 Å². The number of imide groups is 1. The molecule has 1 N–H and O–H groups in total. The van der Waals surface area contributed by atoms with Gasteiger partial charge in [-0.25, -0.2) is 4.79 Å².